The molecule has 0 radical (unpaired) electrons. The Morgan fingerprint density at radius 1 is 1.04 bits per heavy atom. The summed E-state index contributed by atoms with van der Waals surface area (Å²) in [6.07, 6.45) is 1.99. The van der Waals surface area contributed by atoms with Gasteiger partial charge in [0.05, 0.1) is 12.8 Å². The first-order valence-electron chi connectivity index (χ1n) is 8.91. The fraction of sp³-hybridized carbons (Fsp3) is 0.174. The van der Waals surface area contributed by atoms with Crippen LogP contribution in [0, 0.1) is 6.92 Å². The van der Waals surface area contributed by atoms with E-state index in [1.807, 2.05) is 67.8 Å². The van der Waals surface area contributed by atoms with Gasteiger partial charge in [-0.1, -0.05) is 24.3 Å². The Balaban J connectivity index is 1.78. The van der Waals surface area contributed by atoms with Crippen molar-refractivity contribution in [3.8, 4) is 11.5 Å². The molecule has 3 rings (SSSR count). The summed E-state index contributed by atoms with van der Waals surface area (Å²) in [5.74, 6) is 1.31. The van der Waals surface area contributed by atoms with Crippen LogP contribution in [0.1, 0.15) is 21.5 Å². The van der Waals surface area contributed by atoms with E-state index in [-0.39, 0.29) is 5.91 Å². The van der Waals surface area contributed by atoms with Gasteiger partial charge in [0.25, 0.3) is 5.91 Å². The van der Waals surface area contributed by atoms with E-state index in [2.05, 4.69) is 5.32 Å². The molecule has 0 aliphatic rings. The fourth-order valence-electron chi connectivity index (χ4n) is 2.84. The van der Waals surface area contributed by atoms with Crippen molar-refractivity contribution in [1.82, 2.24) is 0 Å². The van der Waals surface area contributed by atoms with Crippen molar-refractivity contribution in [3.63, 3.8) is 0 Å². The Morgan fingerprint density at radius 2 is 1.86 bits per heavy atom. The number of para-hydroxylation sites is 1. The Bertz CT molecular complexity index is 972. The van der Waals surface area contributed by atoms with E-state index >= 15 is 0 Å². The van der Waals surface area contributed by atoms with Gasteiger partial charge in [-0.15, -0.1) is 11.8 Å². The van der Waals surface area contributed by atoms with Gasteiger partial charge < -0.3 is 14.8 Å². The Hall–Kier alpha value is -2.92. The number of carbonyl (C=O) groups excluding carboxylic acids is 1. The zero-order valence-electron chi connectivity index (χ0n) is 16.2. The normalized spacial score (nSPS) is 10.4. The summed E-state index contributed by atoms with van der Waals surface area (Å²) in [5.41, 5.74) is 3.30. The molecule has 0 aliphatic carbocycles. The second kappa shape index (κ2) is 9.33. The number of aryl methyl sites for hydroxylation is 1. The highest BCUT2D eigenvalue weighted by molar-refractivity contribution is 7.98. The van der Waals surface area contributed by atoms with Gasteiger partial charge in [0.15, 0.2) is 0 Å². The lowest BCUT2D eigenvalue weighted by Gasteiger charge is -2.13. The van der Waals surface area contributed by atoms with Crippen LogP contribution < -0.4 is 14.8 Å². The van der Waals surface area contributed by atoms with Gasteiger partial charge in [0.2, 0.25) is 0 Å². The highest BCUT2D eigenvalue weighted by Gasteiger charge is 2.13. The van der Waals surface area contributed by atoms with Crippen LogP contribution in [-0.2, 0) is 6.61 Å². The van der Waals surface area contributed by atoms with Crippen molar-refractivity contribution in [3.05, 3.63) is 83.4 Å². The highest BCUT2D eigenvalue weighted by atomic mass is 32.2. The maximum atomic E-state index is 12.8. The van der Waals surface area contributed by atoms with Gasteiger partial charge in [-0.3, -0.25) is 4.79 Å². The van der Waals surface area contributed by atoms with Crippen LogP contribution in [0.2, 0.25) is 0 Å². The molecule has 0 bridgehead atoms. The van der Waals surface area contributed by atoms with Gasteiger partial charge >= 0.3 is 0 Å². The first kappa shape index (κ1) is 19.8. The van der Waals surface area contributed by atoms with Gasteiger partial charge in [0.1, 0.15) is 18.1 Å². The van der Waals surface area contributed by atoms with E-state index in [0.29, 0.717) is 17.9 Å². The summed E-state index contributed by atoms with van der Waals surface area (Å²) < 4.78 is 11.3. The molecule has 0 unspecified atom stereocenters. The maximum Gasteiger partial charge on any atom is 0.255 e. The number of thioether (sulfide) groups is 1. The number of amides is 1. The van der Waals surface area contributed by atoms with Crippen LogP contribution in [0.4, 0.5) is 5.69 Å². The number of anilines is 1. The molecule has 0 aliphatic heterocycles. The molecule has 0 atom stereocenters. The molecule has 1 N–H and O–H groups in total. The third-order valence-corrected chi connectivity index (χ3v) is 5.08. The van der Waals surface area contributed by atoms with E-state index < -0.39 is 0 Å². The van der Waals surface area contributed by atoms with Crippen LogP contribution in [-0.4, -0.2) is 19.3 Å². The van der Waals surface area contributed by atoms with Gasteiger partial charge in [-0.05, 0) is 61.2 Å². The topological polar surface area (TPSA) is 47.6 Å². The third kappa shape index (κ3) is 4.87. The molecule has 1 amide bonds. The zero-order chi connectivity index (χ0) is 19.9. The van der Waals surface area contributed by atoms with Crippen molar-refractivity contribution in [2.24, 2.45) is 0 Å². The monoisotopic (exact) mass is 393 g/mol. The van der Waals surface area contributed by atoms with E-state index in [4.69, 9.17) is 9.47 Å². The van der Waals surface area contributed by atoms with Crippen LogP contribution in [0.3, 0.4) is 0 Å². The van der Waals surface area contributed by atoms with Crippen molar-refractivity contribution >= 4 is 23.4 Å². The smallest absolute Gasteiger partial charge is 0.255 e. The van der Waals surface area contributed by atoms with E-state index in [1.54, 1.807) is 31.0 Å². The van der Waals surface area contributed by atoms with Crippen molar-refractivity contribution in [2.75, 3.05) is 18.7 Å². The Kier molecular flexibility index (Phi) is 6.61. The summed E-state index contributed by atoms with van der Waals surface area (Å²) in [6.45, 7) is 2.33. The van der Waals surface area contributed by atoms with E-state index in [0.717, 1.165) is 27.5 Å². The maximum absolute atomic E-state index is 12.8. The van der Waals surface area contributed by atoms with Crippen LogP contribution in [0.25, 0.3) is 0 Å². The number of hydrogen-bond acceptors (Lipinski definition) is 4. The molecule has 5 heteroatoms. The van der Waals surface area contributed by atoms with E-state index in [9.17, 15) is 4.79 Å². The SMILES string of the molecule is COc1ccc(C(=O)Nc2ccccc2SC)cc1COc1cccc(C)c1. The third-order valence-electron chi connectivity index (χ3n) is 4.28. The molecule has 0 saturated carbocycles. The minimum atomic E-state index is -0.166. The molecule has 4 nitrogen and oxygen atoms in total. The molecule has 3 aromatic carbocycles. The summed E-state index contributed by atoms with van der Waals surface area (Å²) in [7, 11) is 1.61. The number of carbonyl (C=O) groups is 1. The second-order valence-corrected chi connectivity index (χ2v) is 7.13. The molecular weight excluding hydrogens is 370 g/mol. The molecule has 0 fully saturated rings. The lowest BCUT2D eigenvalue weighted by Crippen LogP contribution is -2.13. The van der Waals surface area contributed by atoms with Gasteiger partial charge in [-0.2, -0.15) is 0 Å². The Morgan fingerprint density at radius 3 is 2.61 bits per heavy atom. The van der Waals surface area contributed by atoms with Gasteiger partial charge in [0, 0.05) is 16.0 Å². The van der Waals surface area contributed by atoms with Gasteiger partial charge in [-0.25, -0.2) is 0 Å². The van der Waals surface area contributed by atoms with Crippen molar-refractivity contribution in [2.45, 2.75) is 18.4 Å². The number of rotatable bonds is 7. The Labute approximate surface area is 169 Å². The largest absolute Gasteiger partial charge is 0.496 e. The number of benzene rings is 3. The van der Waals surface area contributed by atoms with Crippen LogP contribution in [0.5, 0.6) is 11.5 Å². The number of methoxy groups -OCH3 is 1. The van der Waals surface area contributed by atoms with Crippen molar-refractivity contribution < 1.29 is 14.3 Å². The summed E-state index contributed by atoms with van der Waals surface area (Å²) in [5, 5.41) is 2.98. The predicted molar refractivity (Wildman–Crippen MR) is 115 cm³/mol. The number of hydrogen-bond donors (Lipinski definition) is 1. The first-order valence-corrected chi connectivity index (χ1v) is 10.1. The molecule has 0 spiro atoms. The van der Waals surface area contributed by atoms with Crippen molar-refractivity contribution in [1.29, 1.82) is 0 Å². The molecule has 3 aromatic rings. The average molecular weight is 394 g/mol. The highest BCUT2D eigenvalue weighted by Crippen LogP contribution is 2.26. The molecular formula is C23H23NO3S. The fourth-order valence-corrected chi connectivity index (χ4v) is 3.39. The average Bonchev–Trinajstić information content (AvgIpc) is 2.72. The molecule has 0 aromatic heterocycles. The number of nitrogens with one attached hydrogen (secondary N) is 1. The predicted octanol–water partition coefficient (Wildman–Crippen LogP) is 5.56. The quantitative estimate of drug-likeness (QED) is 0.534. The zero-order valence-corrected chi connectivity index (χ0v) is 17.0. The lowest BCUT2D eigenvalue weighted by molar-refractivity contribution is 0.102. The van der Waals surface area contributed by atoms with E-state index in [1.165, 1.54) is 0 Å². The van der Waals surface area contributed by atoms with Crippen LogP contribution >= 0.6 is 11.8 Å². The number of ether oxygens (including phenoxy) is 2. The summed E-state index contributed by atoms with van der Waals surface area (Å²) in [6, 6.07) is 21.0. The minimum Gasteiger partial charge on any atom is -0.496 e. The summed E-state index contributed by atoms with van der Waals surface area (Å²) in [4.78, 5) is 13.8. The molecule has 28 heavy (non-hydrogen) atoms. The standard InChI is InChI=1S/C23H23NO3S/c1-16-7-6-8-19(13-16)27-15-18-14-17(11-12-21(18)26-2)23(25)24-20-9-4-5-10-22(20)28-3/h4-14H,15H2,1-3H3,(H,24,25). The van der Waals surface area contributed by atoms with Crippen LogP contribution in [0.15, 0.2) is 71.6 Å². The molecule has 144 valence electrons. The summed E-state index contributed by atoms with van der Waals surface area (Å²) >= 11 is 1.59. The lowest BCUT2D eigenvalue weighted by atomic mass is 10.1. The molecule has 0 saturated heterocycles. The minimum absolute atomic E-state index is 0.166. The second-order valence-electron chi connectivity index (χ2n) is 6.29. The first-order chi connectivity index (χ1) is 13.6. The molecule has 0 heterocycles.